The van der Waals surface area contributed by atoms with Crippen molar-refractivity contribution in [3.05, 3.63) is 36.5 Å². The number of nitrogens with one attached hydrogen (secondary N) is 1. The standard InChI is InChI=1S/C74H139NO10/c1-3-5-7-9-11-13-14-15-16-17-29-33-36-39-42-46-50-54-58-62-70(79)83-63-59-55-51-47-43-40-37-34-31-28-26-24-22-20-18-19-21-23-25-27-30-32-35-38-41-45-49-53-57-61-69(78)75-66(67(77)60-56-52-48-44-12-10-8-6-4-2)65-84-74-73(82)72(81)71(80)68(64-76)85-74/h11,13,15-16,56,60,66-68,71-74,76-77,80-82H,3-10,12,14,17-55,57-59,61-65H2,1-2H3,(H,75,78)/b13-11-,16-15-,60-56+. The topological polar surface area (TPSA) is 175 Å². The zero-order valence-electron chi connectivity index (χ0n) is 55.6. The Kier molecular flexibility index (Phi) is 60.4. The highest BCUT2D eigenvalue weighted by Crippen LogP contribution is 2.23. The third-order valence-electron chi connectivity index (χ3n) is 17.5. The fourth-order valence-electron chi connectivity index (χ4n) is 11.7. The molecule has 0 aliphatic carbocycles. The molecular weight excluding hydrogens is 1060 g/mol. The predicted molar refractivity (Wildman–Crippen MR) is 357 cm³/mol. The van der Waals surface area contributed by atoms with Crippen molar-refractivity contribution in [3.8, 4) is 0 Å². The van der Waals surface area contributed by atoms with Crippen LogP contribution in [0.5, 0.6) is 0 Å². The molecule has 0 aromatic carbocycles. The van der Waals surface area contributed by atoms with Gasteiger partial charge in [0.05, 0.1) is 32.0 Å². The van der Waals surface area contributed by atoms with Crippen LogP contribution in [0.25, 0.3) is 0 Å². The van der Waals surface area contributed by atoms with Crippen molar-refractivity contribution in [2.45, 2.75) is 403 Å². The van der Waals surface area contributed by atoms with Gasteiger partial charge < -0.3 is 45.1 Å². The van der Waals surface area contributed by atoms with E-state index in [-0.39, 0.29) is 18.5 Å². The first-order chi connectivity index (χ1) is 41.7. The lowest BCUT2D eigenvalue weighted by Gasteiger charge is -2.40. The maximum atomic E-state index is 13.0. The minimum atomic E-state index is -1.57. The molecule has 500 valence electrons. The van der Waals surface area contributed by atoms with Gasteiger partial charge in [-0.15, -0.1) is 0 Å². The maximum absolute atomic E-state index is 13.0. The normalized spacial score (nSPS) is 18.1. The highest BCUT2D eigenvalue weighted by atomic mass is 16.7. The molecule has 0 saturated carbocycles. The summed E-state index contributed by atoms with van der Waals surface area (Å²) in [6.45, 7) is 4.33. The Morgan fingerprint density at radius 2 is 0.788 bits per heavy atom. The van der Waals surface area contributed by atoms with Gasteiger partial charge in [-0.2, -0.15) is 0 Å². The van der Waals surface area contributed by atoms with Crippen LogP contribution in [-0.2, 0) is 23.8 Å². The highest BCUT2D eigenvalue weighted by Gasteiger charge is 2.44. The van der Waals surface area contributed by atoms with Crippen LogP contribution in [0.1, 0.15) is 361 Å². The number of unbranched alkanes of at least 4 members (excludes halogenated alkanes) is 47. The molecule has 11 heteroatoms. The molecule has 0 bridgehead atoms. The van der Waals surface area contributed by atoms with Crippen LogP contribution in [0.4, 0.5) is 0 Å². The van der Waals surface area contributed by atoms with Crippen LogP contribution in [0.15, 0.2) is 36.5 Å². The average molecular weight is 1200 g/mol. The molecule has 0 aromatic rings. The first kappa shape index (κ1) is 80.9. The number of carbonyl (C=O) groups is 2. The lowest BCUT2D eigenvalue weighted by atomic mass is 9.99. The number of hydrogen-bond donors (Lipinski definition) is 6. The predicted octanol–water partition coefficient (Wildman–Crippen LogP) is 19.0. The molecule has 11 nitrogen and oxygen atoms in total. The molecule has 1 amide bonds. The molecule has 0 radical (unpaired) electrons. The molecule has 1 aliphatic rings. The number of aliphatic hydroxyl groups excluding tert-OH is 5. The number of hydrogen-bond acceptors (Lipinski definition) is 10. The molecule has 1 rings (SSSR count). The molecule has 0 aromatic heterocycles. The second-order valence-corrected chi connectivity index (χ2v) is 25.7. The van der Waals surface area contributed by atoms with Crippen molar-refractivity contribution in [1.29, 1.82) is 0 Å². The molecule has 1 saturated heterocycles. The minimum Gasteiger partial charge on any atom is -0.466 e. The van der Waals surface area contributed by atoms with E-state index in [1.165, 1.54) is 270 Å². The van der Waals surface area contributed by atoms with Gasteiger partial charge in [0.1, 0.15) is 24.4 Å². The third kappa shape index (κ3) is 52.4. The van der Waals surface area contributed by atoms with Crippen molar-refractivity contribution in [1.82, 2.24) is 5.32 Å². The van der Waals surface area contributed by atoms with E-state index in [2.05, 4.69) is 43.5 Å². The summed E-state index contributed by atoms with van der Waals surface area (Å²) in [6, 6.07) is -0.806. The number of carbonyl (C=O) groups excluding carboxylic acids is 2. The van der Waals surface area contributed by atoms with E-state index >= 15 is 0 Å². The van der Waals surface area contributed by atoms with Crippen LogP contribution in [0, 0.1) is 0 Å². The Labute approximate surface area is 523 Å². The van der Waals surface area contributed by atoms with E-state index in [0.717, 1.165) is 64.2 Å². The molecule has 85 heavy (non-hydrogen) atoms. The quantitative estimate of drug-likeness (QED) is 0.0195. The summed E-state index contributed by atoms with van der Waals surface area (Å²) in [5.41, 5.74) is 0. The Hall–Kier alpha value is -2.12. The minimum absolute atomic E-state index is 0.00738. The molecule has 1 heterocycles. The second-order valence-electron chi connectivity index (χ2n) is 25.7. The third-order valence-corrected chi connectivity index (χ3v) is 17.5. The molecule has 6 N–H and O–H groups in total. The van der Waals surface area contributed by atoms with E-state index in [9.17, 15) is 35.1 Å². The van der Waals surface area contributed by atoms with Crippen molar-refractivity contribution >= 4 is 11.9 Å². The Morgan fingerprint density at radius 3 is 1.21 bits per heavy atom. The van der Waals surface area contributed by atoms with E-state index in [1.807, 2.05) is 6.08 Å². The zero-order chi connectivity index (χ0) is 61.6. The van der Waals surface area contributed by atoms with Crippen LogP contribution in [0.2, 0.25) is 0 Å². The molecule has 7 atom stereocenters. The van der Waals surface area contributed by atoms with Crippen LogP contribution >= 0.6 is 0 Å². The van der Waals surface area contributed by atoms with Crippen LogP contribution in [0.3, 0.4) is 0 Å². The number of esters is 1. The van der Waals surface area contributed by atoms with E-state index in [0.29, 0.717) is 19.4 Å². The van der Waals surface area contributed by atoms with Crippen LogP contribution in [-0.4, -0.2) is 100 Å². The molecule has 0 spiro atoms. The first-order valence-electron chi connectivity index (χ1n) is 36.8. The number of amides is 1. The second kappa shape index (κ2) is 63.4. The lowest BCUT2D eigenvalue weighted by Crippen LogP contribution is -2.60. The molecule has 1 fully saturated rings. The summed E-state index contributed by atoms with van der Waals surface area (Å²) in [6.07, 6.45) is 71.6. The Balaban J connectivity index is 1.88. The Bertz CT molecular complexity index is 1510. The number of aliphatic hydroxyl groups is 5. The van der Waals surface area contributed by atoms with E-state index < -0.39 is 49.5 Å². The summed E-state index contributed by atoms with van der Waals surface area (Å²) in [5.74, 6) is -0.171. The van der Waals surface area contributed by atoms with Crippen LogP contribution < -0.4 is 5.32 Å². The van der Waals surface area contributed by atoms with Crippen molar-refractivity contribution in [2.75, 3.05) is 19.8 Å². The van der Waals surface area contributed by atoms with Gasteiger partial charge in [-0.3, -0.25) is 9.59 Å². The van der Waals surface area contributed by atoms with Gasteiger partial charge >= 0.3 is 5.97 Å². The number of ether oxygens (including phenoxy) is 3. The van der Waals surface area contributed by atoms with E-state index in [1.54, 1.807) is 6.08 Å². The van der Waals surface area contributed by atoms with Gasteiger partial charge in [0.25, 0.3) is 0 Å². The average Bonchev–Trinajstić information content (AvgIpc) is 3.49. The van der Waals surface area contributed by atoms with Gasteiger partial charge in [-0.25, -0.2) is 0 Å². The fraction of sp³-hybridized carbons (Fsp3) is 0.892. The van der Waals surface area contributed by atoms with Crippen molar-refractivity contribution in [3.63, 3.8) is 0 Å². The number of rotatable bonds is 65. The first-order valence-corrected chi connectivity index (χ1v) is 36.8. The van der Waals surface area contributed by atoms with Gasteiger partial charge in [-0.05, 0) is 64.2 Å². The lowest BCUT2D eigenvalue weighted by molar-refractivity contribution is -0.302. The fourth-order valence-corrected chi connectivity index (χ4v) is 11.7. The summed E-state index contributed by atoms with van der Waals surface area (Å²) in [7, 11) is 0. The van der Waals surface area contributed by atoms with Gasteiger partial charge in [0.15, 0.2) is 6.29 Å². The zero-order valence-corrected chi connectivity index (χ0v) is 55.6. The largest absolute Gasteiger partial charge is 0.466 e. The van der Waals surface area contributed by atoms with E-state index in [4.69, 9.17) is 14.2 Å². The monoisotopic (exact) mass is 1200 g/mol. The van der Waals surface area contributed by atoms with Gasteiger partial charge in [-0.1, -0.05) is 320 Å². The highest BCUT2D eigenvalue weighted by molar-refractivity contribution is 5.76. The number of allylic oxidation sites excluding steroid dienone is 5. The van der Waals surface area contributed by atoms with Crippen molar-refractivity contribution in [2.24, 2.45) is 0 Å². The molecule has 1 aliphatic heterocycles. The Morgan fingerprint density at radius 1 is 0.435 bits per heavy atom. The maximum Gasteiger partial charge on any atom is 0.305 e. The van der Waals surface area contributed by atoms with Gasteiger partial charge in [0.2, 0.25) is 5.91 Å². The summed E-state index contributed by atoms with van der Waals surface area (Å²) in [5, 5.41) is 54.3. The SMILES string of the molecule is CCCCC/C=C\C/C=C\CCCCCCCCCCCC(=O)OCCCCCCCCCCCCCCCCCCCCCCCCCCCCCCCC(=O)NC(COC1OC(CO)C(O)C(O)C1O)C(O)/C=C/CCCCCCCCC. The van der Waals surface area contributed by atoms with Crippen molar-refractivity contribution < 1.29 is 49.3 Å². The molecular formula is C74H139NO10. The summed E-state index contributed by atoms with van der Waals surface area (Å²) in [4.78, 5) is 25.1. The smallest absolute Gasteiger partial charge is 0.305 e. The summed E-state index contributed by atoms with van der Waals surface area (Å²) >= 11 is 0. The molecule has 7 unspecified atom stereocenters. The van der Waals surface area contributed by atoms with Gasteiger partial charge in [0, 0.05) is 12.8 Å². The summed E-state index contributed by atoms with van der Waals surface area (Å²) < 4.78 is 16.7.